The first-order valence-corrected chi connectivity index (χ1v) is 48.2. The van der Waals surface area contributed by atoms with Crippen LogP contribution < -0.4 is 59.2 Å². The van der Waals surface area contributed by atoms with Crippen molar-refractivity contribution in [3.8, 4) is 0 Å². The third-order valence-electron chi connectivity index (χ3n) is 23.9. The number of carbonyl (C=O) groups excluding carboxylic acids is 9. The van der Waals surface area contributed by atoms with Gasteiger partial charge in [-0.1, -0.05) is 48.0 Å². The fraction of sp³-hybridized carbons (Fsp3) is 0.739. The first-order valence-electron chi connectivity index (χ1n) is 48.2. The molecular formula is C88H145N23O34. The van der Waals surface area contributed by atoms with Gasteiger partial charge < -0.3 is 177 Å². The van der Waals surface area contributed by atoms with Crippen molar-refractivity contribution < 1.29 is 166 Å². The van der Waals surface area contributed by atoms with E-state index < -0.39 is 233 Å². The number of carbonyl (C=O) groups is 9. The molecule has 1 aromatic carbocycles. The Kier molecular flexibility index (Phi) is 50.4. The molecule has 4 fully saturated rings. The molecule has 57 heteroatoms. The number of nitrogens with two attached hydrogens (primary N) is 1. The Morgan fingerprint density at radius 1 is 0.490 bits per heavy atom. The maximum atomic E-state index is 16.1. The zero-order chi connectivity index (χ0) is 105. The maximum Gasteiger partial charge on any atom is 0.407 e. The van der Waals surface area contributed by atoms with Crippen LogP contribution in [0.25, 0.3) is 0 Å². The lowest BCUT2D eigenvalue weighted by Gasteiger charge is -2.42. The number of ether oxygens (including phenoxy) is 13. The number of hydrogen-bond acceptors (Lipinski definition) is 45. The first-order chi connectivity index (χ1) is 69.6. The van der Waals surface area contributed by atoms with E-state index in [1.165, 1.54) is 37.1 Å². The number of amides is 9. The topological polar surface area (TPSA) is 765 Å². The summed E-state index contributed by atoms with van der Waals surface area (Å²) in [5, 5.41) is 174. The van der Waals surface area contributed by atoms with E-state index in [0.717, 1.165) is 0 Å². The molecule has 4 saturated heterocycles. The van der Waals surface area contributed by atoms with Crippen molar-refractivity contribution in [3.05, 3.63) is 77.4 Å². The minimum Gasteiger partial charge on any atom is -0.445 e. The summed E-state index contributed by atoms with van der Waals surface area (Å²) in [6, 6.07) is -1.40. The zero-order valence-corrected chi connectivity index (χ0v) is 82.3. The normalized spacial score (nSPS) is 25.4. The van der Waals surface area contributed by atoms with Crippen LogP contribution >= 0.6 is 0 Å². The number of hydrogen-bond donors (Lipinski definition) is 23. The number of unbranched alkanes of at least 4 members (excludes halogenated alkanes) is 1. The van der Waals surface area contributed by atoms with Crippen LogP contribution in [-0.2, 0) is 141 Å². The number of nitrogens with zero attached hydrogens (tertiary/aromatic N) is 12. The van der Waals surface area contributed by atoms with Crippen molar-refractivity contribution in [2.45, 2.75) is 268 Å². The summed E-state index contributed by atoms with van der Waals surface area (Å²) in [6.45, 7) is 8.94. The zero-order valence-electron chi connectivity index (χ0n) is 82.3. The number of urea groups is 1. The molecule has 0 aliphatic carbocycles. The molecule has 0 bridgehead atoms. The Morgan fingerprint density at radius 2 is 0.897 bits per heavy atom. The average molecular weight is 2070 g/mol. The number of nitrogens with one attached hydrogen (secondary N) is 10. The summed E-state index contributed by atoms with van der Waals surface area (Å²) in [4.78, 5) is 122. The molecule has 0 saturated carbocycles. The number of Topliss-reactive ketones (excluding diaryl/α,β-unsaturated/α-hetero) is 1. The van der Waals surface area contributed by atoms with Gasteiger partial charge in [-0.05, 0) is 62.8 Å². The lowest BCUT2D eigenvalue weighted by atomic mass is 9.89. The SMILES string of the molecule is CCNC(=O)OCc1ccc(NC(=O)[C@H](CCCNC(N)=O)CC(=O)[C@@H](NC(=O)C(CCCCN(CC2=CN(CCOCCOC3OC(CO)C(O)C(O)C3NC(C)=O)NN2)Cc2cn(CCOCCOC3OC(CO)C(O)C(O)C3NC(C)=O)nn2)N(Cc2cn(CCOCCOC3OC(CO)C(O)C(O)C3NC(C)=O)nn2)Cc2cn(CCOCCOC3OC(CO)C(O)C(O)C3NC(C)=O)nn2)C(C)C)cc1. The summed E-state index contributed by atoms with van der Waals surface area (Å²) < 4.78 is 79.6. The van der Waals surface area contributed by atoms with Gasteiger partial charge in [-0.15, -0.1) is 20.8 Å². The highest BCUT2D eigenvalue weighted by molar-refractivity contribution is 5.98. The second-order valence-corrected chi connectivity index (χ2v) is 35.6. The predicted molar refractivity (Wildman–Crippen MR) is 497 cm³/mol. The number of hydrazine groups is 2. The van der Waals surface area contributed by atoms with E-state index >= 15 is 9.59 Å². The molecule has 816 valence electrons. The van der Waals surface area contributed by atoms with Crippen molar-refractivity contribution >= 4 is 59.0 Å². The Balaban J connectivity index is 0.973. The van der Waals surface area contributed by atoms with Gasteiger partial charge in [0.25, 0.3) is 0 Å². The highest BCUT2D eigenvalue weighted by atomic mass is 16.7. The third kappa shape index (κ3) is 38.5. The number of primary amides is 1. The van der Waals surface area contributed by atoms with E-state index in [4.69, 9.17) is 67.3 Å². The molecule has 21 unspecified atom stereocenters. The standard InChI is InChI=1S/C88H145N23O34/c1-8-90-88(132)141-49-55-14-16-57(17-15-55)96-81(129)56(12-11-18-91-87(89)131)36-63(120)68(50(2)3)97-82(130)62(107(39-60-43-110(104-100-60)22-26-135-30-34-139-85-71(94-53(6)118)79(127)75(123)66(47-114)144-85)40-61-44-111(105-101-61)23-27-136-31-35-140-86-72(95-54(7)119)80(128)76(124)67(48-115)145-86)13-9-10-19-106(37-58-41-108(102-98-58)20-24-133-28-32-137-83-69(92-51(4)116)77(125)73(121)64(45-112)142-83)38-59-42-109(103-99-59)21-25-134-29-33-138-84-70(93-52(5)117)78(126)74(122)65(46-113)143-84/h14-17,41-44,50,56,62,64-80,83-86,98,102,112-115,121-128H,8-13,18-40,45-49H2,1-7H3,(H,90,132)(H,92,116)(H,93,117)(H,94,118)(H,95,119)(H,96,129)(H,97,130)(H3,89,91,131)/t56-,62?,64?,65?,66?,67?,68+,69?,70?,71?,72?,73?,74?,75?,76?,77?,78?,79?,80?,83?,84?,85?,86?/m1/s1. The molecule has 8 heterocycles. The van der Waals surface area contributed by atoms with E-state index in [-0.39, 0.29) is 164 Å². The minimum atomic E-state index is -1.55. The Morgan fingerprint density at radius 3 is 1.28 bits per heavy atom. The van der Waals surface area contributed by atoms with Gasteiger partial charge in [0.1, 0.15) is 104 Å². The van der Waals surface area contributed by atoms with Crippen LogP contribution in [0.15, 0.2) is 54.8 Å². The number of alkyl carbamates (subject to hydrolysis) is 1. The molecule has 5 aliphatic heterocycles. The molecule has 0 spiro atoms. The lowest BCUT2D eigenvalue weighted by Crippen LogP contribution is -2.64. The highest BCUT2D eigenvalue weighted by Crippen LogP contribution is 2.29. The second-order valence-electron chi connectivity index (χ2n) is 35.6. The minimum absolute atomic E-state index is 0.00467. The maximum absolute atomic E-state index is 16.1. The number of benzene rings is 1. The van der Waals surface area contributed by atoms with E-state index in [2.05, 4.69) is 89.3 Å². The Bertz CT molecular complexity index is 4510. The molecule has 5 aliphatic rings. The van der Waals surface area contributed by atoms with Gasteiger partial charge in [-0.2, -0.15) is 0 Å². The van der Waals surface area contributed by atoms with Gasteiger partial charge in [0, 0.05) is 110 Å². The van der Waals surface area contributed by atoms with Crippen LogP contribution in [-0.4, -0.2) is 448 Å². The molecular weight excluding hydrogens is 1920 g/mol. The van der Waals surface area contributed by atoms with Crippen LogP contribution in [0.5, 0.6) is 0 Å². The molecule has 23 atom stereocenters. The largest absolute Gasteiger partial charge is 0.445 e. The van der Waals surface area contributed by atoms with Gasteiger partial charge in [0.15, 0.2) is 30.9 Å². The molecule has 3 aromatic heterocycles. The number of ketones is 1. The van der Waals surface area contributed by atoms with Gasteiger partial charge in [0.05, 0.1) is 167 Å². The third-order valence-corrected chi connectivity index (χ3v) is 23.9. The van der Waals surface area contributed by atoms with Crippen molar-refractivity contribution in [1.82, 2.24) is 108 Å². The van der Waals surface area contributed by atoms with E-state index in [0.29, 0.717) is 60.0 Å². The molecule has 24 N–H and O–H groups in total. The number of aliphatic hydroxyl groups is 12. The van der Waals surface area contributed by atoms with Crippen molar-refractivity contribution in [3.63, 3.8) is 0 Å². The fourth-order valence-corrected chi connectivity index (χ4v) is 16.5. The van der Waals surface area contributed by atoms with Crippen LogP contribution in [0.3, 0.4) is 0 Å². The van der Waals surface area contributed by atoms with Gasteiger partial charge in [-0.25, -0.2) is 23.6 Å². The van der Waals surface area contributed by atoms with Crippen molar-refractivity contribution in [2.75, 3.05) is 144 Å². The molecule has 9 amide bonds. The van der Waals surface area contributed by atoms with Gasteiger partial charge in [0.2, 0.25) is 35.4 Å². The van der Waals surface area contributed by atoms with E-state index in [9.17, 15) is 94.8 Å². The second kappa shape index (κ2) is 61.6. The summed E-state index contributed by atoms with van der Waals surface area (Å²) in [7, 11) is 0. The van der Waals surface area contributed by atoms with Gasteiger partial charge in [-0.3, -0.25) is 48.4 Å². The highest BCUT2D eigenvalue weighted by Gasteiger charge is 2.50. The van der Waals surface area contributed by atoms with E-state index in [1.54, 1.807) is 78.2 Å². The summed E-state index contributed by atoms with van der Waals surface area (Å²) in [6.07, 6.45) is -15.2. The number of aromatic nitrogens is 9. The van der Waals surface area contributed by atoms with E-state index in [1.807, 2.05) is 6.20 Å². The molecule has 0 radical (unpaired) electrons. The van der Waals surface area contributed by atoms with Crippen LogP contribution in [0.4, 0.5) is 15.3 Å². The summed E-state index contributed by atoms with van der Waals surface area (Å²) in [5.41, 5.74) is 14.6. The van der Waals surface area contributed by atoms with Crippen molar-refractivity contribution in [2.24, 2.45) is 17.6 Å². The lowest BCUT2D eigenvalue weighted by molar-refractivity contribution is -0.272. The first kappa shape index (κ1) is 118. The summed E-state index contributed by atoms with van der Waals surface area (Å²) in [5.74, 6) is -5.45. The Hall–Kier alpha value is -10.1. The predicted octanol–water partition coefficient (Wildman–Crippen LogP) is -9.37. The average Bonchev–Trinajstić information content (AvgIpc) is 1.77. The monoisotopic (exact) mass is 2070 g/mol. The number of aliphatic hydroxyl groups excluding tert-OH is 12. The van der Waals surface area contributed by atoms with Crippen LogP contribution in [0, 0.1) is 11.8 Å². The Labute approximate surface area is 836 Å². The smallest absolute Gasteiger partial charge is 0.407 e. The molecule has 57 nitrogen and oxygen atoms in total. The van der Waals surface area contributed by atoms with Gasteiger partial charge >= 0.3 is 12.1 Å². The fourth-order valence-electron chi connectivity index (χ4n) is 16.5. The molecule has 145 heavy (non-hydrogen) atoms. The molecule has 9 rings (SSSR count). The molecule has 4 aromatic rings. The quantitative estimate of drug-likeness (QED) is 0.0183. The van der Waals surface area contributed by atoms with Crippen LogP contribution in [0.2, 0.25) is 0 Å². The summed E-state index contributed by atoms with van der Waals surface area (Å²) >= 11 is 0. The number of anilines is 1. The van der Waals surface area contributed by atoms with Crippen molar-refractivity contribution in [1.29, 1.82) is 0 Å². The van der Waals surface area contributed by atoms with Crippen LogP contribution in [0.1, 0.15) is 110 Å². The number of rotatable bonds is 65.